The van der Waals surface area contributed by atoms with Crippen molar-refractivity contribution < 1.29 is 14.4 Å². The molecule has 0 saturated heterocycles. The predicted molar refractivity (Wildman–Crippen MR) is 77.5 cm³/mol. The molecule has 1 aromatic rings. The number of aliphatic hydroxyl groups is 1. The molecule has 0 unspecified atom stereocenters. The van der Waals surface area contributed by atoms with Crippen LogP contribution in [0.3, 0.4) is 0 Å². The lowest BCUT2D eigenvalue weighted by molar-refractivity contribution is -0.117. The molecule has 0 aliphatic heterocycles. The first-order valence-corrected chi connectivity index (χ1v) is 6.86. The zero-order valence-electron chi connectivity index (χ0n) is 12.8. The molecule has 2 N–H and O–H groups in total. The van der Waals surface area contributed by atoms with E-state index in [-0.39, 0.29) is 24.5 Å². The second-order valence-electron chi connectivity index (χ2n) is 6.22. The Hall–Kier alpha value is -1.40. The van der Waals surface area contributed by atoms with Crippen molar-refractivity contribution in [3.05, 3.63) is 11.8 Å². The minimum atomic E-state index is -0.125. The summed E-state index contributed by atoms with van der Waals surface area (Å²) < 4.78 is 4.90. The Morgan fingerprint density at radius 1 is 1.50 bits per heavy atom. The summed E-state index contributed by atoms with van der Waals surface area (Å²) in [4.78, 5) is 14.0. The molecular weight excluding hydrogens is 258 g/mol. The Bertz CT molecular complexity index is 424. The molecule has 20 heavy (non-hydrogen) atoms. The normalized spacial score (nSPS) is 11.9. The van der Waals surface area contributed by atoms with Crippen molar-refractivity contribution in [3.8, 4) is 0 Å². The summed E-state index contributed by atoms with van der Waals surface area (Å²) in [6.07, 6.45) is 0.659. The van der Waals surface area contributed by atoms with Crippen molar-refractivity contribution >= 4 is 11.7 Å². The molecule has 0 aromatic carbocycles. The van der Waals surface area contributed by atoms with Gasteiger partial charge in [-0.3, -0.25) is 9.69 Å². The number of aromatic nitrogens is 1. The van der Waals surface area contributed by atoms with Crippen molar-refractivity contribution in [1.29, 1.82) is 0 Å². The van der Waals surface area contributed by atoms with E-state index in [1.165, 1.54) is 0 Å². The fraction of sp³-hybridized carbons (Fsp3) is 0.714. The van der Waals surface area contributed by atoms with E-state index in [1.807, 2.05) is 4.90 Å². The van der Waals surface area contributed by atoms with Crippen LogP contribution < -0.4 is 5.32 Å². The highest BCUT2D eigenvalue weighted by molar-refractivity contribution is 5.91. The molecular formula is C14H25N3O3. The molecule has 1 aromatic heterocycles. The van der Waals surface area contributed by atoms with E-state index in [0.29, 0.717) is 24.5 Å². The van der Waals surface area contributed by atoms with Crippen molar-refractivity contribution in [2.24, 2.45) is 5.41 Å². The minimum Gasteiger partial charge on any atom is -0.396 e. The molecule has 0 atom stereocenters. The monoisotopic (exact) mass is 283 g/mol. The zero-order chi connectivity index (χ0) is 15.2. The third-order valence-electron chi connectivity index (χ3n) is 2.59. The Balaban J connectivity index is 2.52. The third-order valence-corrected chi connectivity index (χ3v) is 2.59. The lowest BCUT2D eigenvalue weighted by Crippen LogP contribution is -2.39. The maximum atomic E-state index is 12.0. The lowest BCUT2D eigenvalue weighted by atomic mass is 9.96. The Kier molecular flexibility index (Phi) is 6.16. The standard InChI is InChI=1S/C14H25N3O3/c1-11-8-12(16-20-11)15-13(19)9-17(6-5-7-18)10-14(2,3)4/h8,18H,5-7,9-10H2,1-4H3,(H,15,16,19). The van der Waals surface area contributed by atoms with E-state index in [4.69, 9.17) is 9.63 Å². The highest BCUT2D eigenvalue weighted by atomic mass is 16.5. The maximum Gasteiger partial charge on any atom is 0.239 e. The largest absolute Gasteiger partial charge is 0.396 e. The zero-order valence-corrected chi connectivity index (χ0v) is 12.8. The molecule has 0 fully saturated rings. The van der Waals surface area contributed by atoms with Gasteiger partial charge in [-0.15, -0.1) is 0 Å². The van der Waals surface area contributed by atoms with E-state index < -0.39 is 0 Å². The fourth-order valence-electron chi connectivity index (χ4n) is 1.99. The Morgan fingerprint density at radius 3 is 2.70 bits per heavy atom. The SMILES string of the molecule is Cc1cc(NC(=O)CN(CCCO)CC(C)(C)C)no1. The van der Waals surface area contributed by atoms with Crippen LogP contribution in [-0.4, -0.2) is 47.3 Å². The maximum absolute atomic E-state index is 12.0. The van der Waals surface area contributed by atoms with Gasteiger partial charge in [0.25, 0.3) is 0 Å². The molecule has 0 radical (unpaired) electrons. The topological polar surface area (TPSA) is 78.6 Å². The van der Waals surface area contributed by atoms with Crippen LogP contribution in [0.15, 0.2) is 10.6 Å². The van der Waals surface area contributed by atoms with Crippen LogP contribution in [0.2, 0.25) is 0 Å². The number of nitrogens with zero attached hydrogens (tertiary/aromatic N) is 2. The van der Waals surface area contributed by atoms with Crippen molar-refractivity contribution in [1.82, 2.24) is 10.1 Å². The molecule has 114 valence electrons. The highest BCUT2D eigenvalue weighted by Gasteiger charge is 2.19. The number of amides is 1. The summed E-state index contributed by atoms with van der Waals surface area (Å²) >= 11 is 0. The molecule has 0 saturated carbocycles. The number of hydrogen-bond donors (Lipinski definition) is 2. The van der Waals surface area contributed by atoms with Crippen LogP contribution >= 0.6 is 0 Å². The van der Waals surface area contributed by atoms with Crippen molar-refractivity contribution in [3.63, 3.8) is 0 Å². The molecule has 0 aliphatic rings. The molecule has 0 spiro atoms. The molecule has 1 amide bonds. The van der Waals surface area contributed by atoms with Crippen LogP contribution in [0, 0.1) is 12.3 Å². The summed E-state index contributed by atoms with van der Waals surface area (Å²) in [6.45, 7) is 10.0. The van der Waals surface area contributed by atoms with Crippen LogP contribution in [0.5, 0.6) is 0 Å². The van der Waals surface area contributed by atoms with Crippen LogP contribution in [0.25, 0.3) is 0 Å². The van der Waals surface area contributed by atoms with Gasteiger partial charge < -0.3 is 14.9 Å². The Labute approximate surface area is 120 Å². The van der Waals surface area contributed by atoms with E-state index in [0.717, 1.165) is 6.54 Å². The van der Waals surface area contributed by atoms with E-state index >= 15 is 0 Å². The molecule has 0 bridgehead atoms. The summed E-state index contributed by atoms with van der Waals surface area (Å²) in [7, 11) is 0. The first-order chi connectivity index (χ1) is 9.30. The molecule has 1 heterocycles. The van der Waals surface area contributed by atoms with Gasteiger partial charge in [0.2, 0.25) is 5.91 Å². The van der Waals surface area contributed by atoms with Gasteiger partial charge in [-0.05, 0) is 18.8 Å². The van der Waals surface area contributed by atoms with E-state index in [2.05, 4.69) is 31.2 Å². The van der Waals surface area contributed by atoms with E-state index in [9.17, 15) is 4.79 Å². The Morgan fingerprint density at radius 2 is 2.20 bits per heavy atom. The number of carbonyl (C=O) groups excluding carboxylic acids is 1. The average molecular weight is 283 g/mol. The third kappa shape index (κ3) is 6.68. The molecule has 0 aliphatic carbocycles. The average Bonchev–Trinajstić information content (AvgIpc) is 2.69. The summed E-state index contributed by atoms with van der Waals surface area (Å²) in [6, 6.07) is 1.68. The lowest BCUT2D eigenvalue weighted by Gasteiger charge is -2.29. The van der Waals surface area contributed by atoms with Crippen molar-refractivity contribution in [2.75, 3.05) is 31.6 Å². The van der Waals surface area contributed by atoms with Gasteiger partial charge >= 0.3 is 0 Å². The van der Waals surface area contributed by atoms with Gasteiger partial charge in [0.15, 0.2) is 5.82 Å². The van der Waals surface area contributed by atoms with Crippen LogP contribution in [0.1, 0.15) is 33.0 Å². The first-order valence-electron chi connectivity index (χ1n) is 6.86. The van der Waals surface area contributed by atoms with Crippen LogP contribution in [0.4, 0.5) is 5.82 Å². The smallest absolute Gasteiger partial charge is 0.239 e. The van der Waals surface area contributed by atoms with Gasteiger partial charge in [0, 0.05) is 25.8 Å². The van der Waals surface area contributed by atoms with E-state index in [1.54, 1.807) is 13.0 Å². The van der Waals surface area contributed by atoms with Gasteiger partial charge in [0.1, 0.15) is 5.76 Å². The fourth-order valence-corrected chi connectivity index (χ4v) is 1.99. The molecule has 6 nitrogen and oxygen atoms in total. The number of aryl methyl sites for hydroxylation is 1. The number of carbonyl (C=O) groups is 1. The summed E-state index contributed by atoms with van der Waals surface area (Å²) in [5, 5.41) is 15.4. The van der Waals surface area contributed by atoms with Gasteiger partial charge in [0.05, 0.1) is 6.54 Å². The second kappa shape index (κ2) is 7.40. The quantitative estimate of drug-likeness (QED) is 0.795. The van der Waals surface area contributed by atoms with Gasteiger partial charge in [-0.25, -0.2) is 0 Å². The predicted octanol–water partition coefficient (Wildman–Crippen LogP) is 1.65. The van der Waals surface area contributed by atoms with Gasteiger partial charge in [-0.1, -0.05) is 25.9 Å². The first kappa shape index (κ1) is 16.7. The number of hydrogen-bond acceptors (Lipinski definition) is 5. The minimum absolute atomic E-state index is 0.0974. The number of rotatable bonds is 7. The van der Waals surface area contributed by atoms with Gasteiger partial charge in [-0.2, -0.15) is 0 Å². The van der Waals surface area contributed by atoms with Crippen LogP contribution in [-0.2, 0) is 4.79 Å². The molecule has 1 rings (SSSR count). The van der Waals surface area contributed by atoms with Crippen molar-refractivity contribution in [2.45, 2.75) is 34.1 Å². The number of nitrogens with one attached hydrogen (secondary N) is 1. The number of aliphatic hydroxyl groups excluding tert-OH is 1. The highest BCUT2D eigenvalue weighted by Crippen LogP contribution is 2.15. The second-order valence-corrected chi connectivity index (χ2v) is 6.22. The summed E-state index contributed by atoms with van der Waals surface area (Å²) in [5.41, 5.74) is 0.0974. The molecule has 6 heteroatoms. The number of anilines is 1. The summed E-state index contributed by atoms with van der Waals surface area (Å²) in [5.74, 6) is 0.970.